The summed E-state index contributed by atoms with van der Waals surface area (Å²) in [5.41, 5.74) is 0.901. The van der Waals surface area contributed by atoms with Crippen LogP contribution in [0.4, 0.5) is 5.82 Å². The van der Waals surface area contributed by atoms with Gasteiger partial charge in [-0.05, 0) is 12.5 Å². The fourth-order valence-corrected chi connectivity index (χ4v) is 2.31. The van der Waals surface area contributed by atoms with Gasteiger partial charge in [0.15, 0.2) is 5.82 Å². The lowest BCUT2D eigenvalue weighted by atomic mass is 9.98. The summed E-state index contributed by atoms with van der Waals surface area (Å²) in [5, 5.41) is 10.5. The highest BCUT2D eigenvalue weighted by atomic mass is 16.5. The number of aromatic nitrogens is 3. The number of rotatable bonds is 3. The highest BCUT2D eigenvalue weighted by molar-refractivity contribution is 5.92. The molecule has 0 saturated carbocycles. The Balaban J connectivity index is 1.76. The van der Waals surface area contributed by atoms with Gasteiger partial charge in [0.1, 0.15) is 12.4 Å². The Kier molecular flexibility index (Phi) is 3.04. The van der Waals surface area contributed by atoms with E-state index >= 15 is 0 Å². The van der Waals surface area contributed by atoms with Gasteiger partial charge in [-0.3, -0.25) is 9.48 Å². The van der Waals surface area contributed by atoms with Crippen LogP contribution in [0.25, 0.3) is 0 Å². The fraction of sp³-hybridized carbons (Fsp3) is 0.417. The summed E-state index contributed by atoms with van der Waals surface area (Å²) in [5.74, 6) is 0.0605. The van der Waals surface area contributed by atoms with E-state index < -0.39 is 0 Å². The maximum absolute atomic E-state index is 12.2. The van der Waals surface area contributed by atoms with Crippen LogP contribution in [0.3, 0.4) is 0 Å². The van der Waals surface area contributed by atoms with E-state index in [1.807, 2.05) is 13.1 Å². The molecule has 0 aliphatic carbocycles. The molecule has 0 unspecified atom stereocenters. The Morgan fingerprint density at radius 2 is 2.42 bits per heavy atom. The first-order chi connectivity index (χ1) is 9.25. The van der Waals surface area contributed by atoms with Crippen molar-refractivity contribution in [3.63, 3.8) is 0 Å². The summed E-state index contributed by atoms with van der Waals surface area (Å²) in [6, 6.07) is 3.47. The summed E-state index contributed by atoms with van der Waals surface area (Å²) in [6.07, 6.45) is 3.53. The highest BCUT2D eigenvalue weighted by Gasteiger charge is 2.37. The van der Waals surface area contributed by atoms with E-state index in [1.165, 1.54) is 6.26 Å². The number of amides is 1. The predicted molar refractivity (Wildman–Crippen MR) is 65.1 cm³/mol. The van der Waals surface area contributed by atoms with E-state index in [0.29, 0.717) is 18.8 Å². The zero-order valence-corrected chi connectivity index (χ0v) is 10.4. The molecule has 19 heavy (non-hydrogen) atoms. The van der Waals surface area contributed by atoms with Crippen molar-refractivity contribution >= 4 is 11.7 Å². The molecule has 1 aliphatic heterocycles. The average molecular weight is 262 g/mol. The number of carbonyl (C=O) groups excluding carboxylic acids is 1. The lowest BCUT2D eigenvalue weighted by Crippen LogP contribution is -2.26. The molecule has 2 aromatic rings. The van der Waals surface area contributed by atoms with E-state index in [0.717, 1.165) is 5.69 Å². The molecule has 7 heteroatoms. The Morgan fingerprint density at radius 1 is 1.53 bits per heavy atom. The maximum atomic E-state index is 12.2. The molecule has 0 bridgehead atoms. The second-order valence-corrected chi connectivity index (χ2v) is 4.44. The summed E-state index contributed by atoms with van der Waals surface area (Å²) in [4.78, 5) is 12.2. The van der Waals surface area contributed by atoms with Crippen molar-refractivity contribution < 1.29 is 14.1 Å². The van der Waals surface area contributed by atoms with Crippen LogP contribution in [0, 0.1) is 5.92 Å². The van der Waals surface area contributed by atoms with Crippen molar-refractivity contribution in [2.45, 2.75) is 12.5 Å². The molecule has 1 N–H and O–H groups in total. The van der Waals surface area contributed by atoms with E-state index in [4.69, 9.17) is 4.74 Å². The molecule has 1 fully saturated rings. The molecule has 3 rings (SSSR count). The third-order valence-corrected chi connectivity index (χ3v) is 3.27. The second kappa shape index (κ2) is 4.85. The zero-order chi connectivity index (χ0) is 13.2. The molecular formula is C12H14N4O3. The Hall–Kier alpha value is -2.15. The van der Waals surface area contributed by atoms with Crippen LogP contribution in [0.2, 0.25) is 0 Å². The molecule has 1 aliphatic rings. The van der Waals surface area contributed by atoms with Gasteiger partial charge >= 0.3 is 0 Å². The molecule has 1 amide bonds. The first kappa shape index (κ1) is 11.9. The maximum Gasteiger partial charge on any atom is 0.231 e. The number of hydrogen-bond donors (Lipinski definition) is 1. The number of nitrogens with one attached hydrogen (secondary N) is 1. The van der Waals surface area contributed by atoms with Gasteiger partial charge in [-0.15, -0.1) is 0 Å². The van der Waals surface area contributed by atoms with Crippen LogP contribution in [-0.2, 0) is 16.6 Å². The van der Waals surface area contributed by atoms with Crippen LogP contribution < -0.4 is 5.32 Å². The van der Waals surface area contributed by atoms with Crippen LogP contribution in [0.15, 0.2) is 29.1 Å². The summed E-state index contributed by atoms with van der Waals surface area (Å²) in [7, 11) is 1.84. The standard InChI is InChI=1S/C12H14N4O3/c1-16-9(2-5-13-16)11-8(3-6-18-11)12(17)14-10-4-7-19-15-10/h2,4-5,7-8,11H,3,6H2,1H3,(H,14,15,17)/t8-,11-/m1/s1. The molecule has 2 aromatic heterocycles. The number of nitrogens with zero attached hydrogens (tertiary/aromatic N) is 3. The highest BCUT2D eigenvalue weighted by Crippen LogP contribution is 2.34. The topological polar surface area (TPSA) is 82.2 Å². The minimum Gasteiger partial charge on any atom is -0.371 e. The van der Waals surface area contributed by atoms with Crippen molar-refractivity contribution in [1.82, 2.24) is 14.9 Å². The minimum atomic E-state index is -0.264. The van der Waals surface area contributed by atoms with Gasteiger partial charge in [-0.2, -0.15) is 5.10 Å². The van der Waals surface area contributed by atoms with E-state index in [1.54, 1.807) is 16.9 Å². The minimum absolute atomic E-state index is 0.113. The van der Waals surface area contributed by atoms with Crippen molar-refractivity contribution in [3.8, 4) is 0 Å². The van der Waals surface area contributed by atoms with Gasteiger partial charge in [0.05, 0.1) is 11.6 Å². The smallest absolute Gasteiger partial charge is 0.231 e. The molecule has 100 valence electrons. The predicted octanol–water partition coefficient (Wildman–Crippen LogP) is 1.12. The SMILES string of the molecule is Cn1nccc1[C@@H]1OCC[C@H]1C(=O)Nc1ccon1. The van der Waals surface area contributed by atoms with Crippen molar-refractivity contribution in [1.29, 1.82) is 0 Å². The van der Waals surface area contributed by atoms with Crippen LogP contribution in [0.1, 0.15) is 18.2 Å². The fourth-order valence-electron chi connectivity index (χ4n) is 2.31. The Morgan fingerprint density at radius 3 is 3.11 bits per heavy atom. The quantitative estimate of drug-likeness (QED) is 0.896. The van der Waals surface area contributed by atoms with Crippen molar-refractivity contribution in [2.75, 3.05) is 11.9 Å². The molecule has 3 heterocycles. The van der Waals surface area contributed by atoms with E-state index in [-0.39, 0.29) is 17.9 Å². The number of hydrogen-bond acceptors (Lipinski definition) is 5. The van der Waals surface area contributed by atoms with Gasteiger partial charge in [-0.25, -0.2) is 0 Å². The van der Waals surface area contributed by atoms with Gasteiger partial charge in [0, 0.05) is 25.9 Å². The van der Waals surface area contributed by atoms with Gasteiger partial charge in [0.2, 0.25) is 5.91 Å². The second-order valence-electron chi connectivity index (χ2n) is 4.44. The van der Waals surface area contributed by atoms with Crippen molar-refractivity contribution in [2.24, 2.45) is 13.0 Å². The number of anilines is 1. The van der Waals surface area contributed by atoms with E-state index in [2.05, 4.69) is 20.1 Å². The summed E-state index contributed by atoms with van der Waals surface area (Å²) < 4.78 is 12.1. The monoisotopic (exact) mass is 262 g/mol. The summed E-state index contributed by atoms with van der Waals surface area (Å²) in [6.45, 7) is 0.562. The van der Waals surface area contributed by atoms with Crippen LogP contribution in [-0.4, -0.2) is 27.5 Å². The van der Waals surface area contributed by atoms with Gasteiger partial charge < -0.3 is 14.6 Å². The molecule has 1 saturated heterocycles. The number of aryl methyl sites for hydroxylation is 1. The molecule has 0 radical (unpaired) electrons. The van der Waals surface area contributed by atoms with Crippen LogP contribution in [0.5, 0.6) is 0 Å². The Bertz CT molecular complexity index is 563. The molecule has 0 aromatic carbocycles. The summed E-state index contributed by atoms with van der Waals surface area (Å²) >= 11 is 0. The molecule has 7 nitrogen and oxygen atoms in total. The molecule has 2 atom stereocenters. The molecular weight excluding hydrogens is 248 g/mol. The van der Waals surface area contributed by atoms with Gasteiger partial charge in [-0.1, -0.05) is 5.16 Å². The third kappa shape index (κ3) is 2.24. The van der Waals surface area contributed by atoms with Gasteiger partial charge in [0.25, 0.3) is 0 Å². The zero-order valence-electron chi connectivity index (χ0n) is 10.4. The van der Waals surface area contributed by atoms with E-state index in [9.17, 15) is 4.79 Å². The Labute approximate surface area is 109 Å². The normalized spacial score (nSPS) is 22.6. The first-order valence-electron chi connectivity index (χ1n) is 6.06. The lowest BCUT2D eigenvalue weighted by Gasteiger charge is -2.17. The largest absolute Gasteiger partial charge is 0.371 e. The first-order valence-corrected chi connectivity index (χ1v) is 6.06. The lowest BCUT2D eigenvalue weighted by molar-refractivity contribution is -0.121. The van der Waals surface area contributed by atoms with Crippen LogP contribution >= 0.6 is 0 Å². The number of carbonyl (C=O) groups is 1. The number of ether oxygens (including phenoxy) is 1. The van der Waals surface area contributed by atoms with Crippen molar-refractivity contribution in [3.05, 3.63) is 30.3 Å². The average Bonchev–Trinajstić information content (AvgIpc) is 3.07. The molecule has 0 spiro atoms. The third-order valence-electron chi connectivity index (χ3n) is 3.27.